The van der Waals surface area contributed by atoms with Gasteiger partial charge in [-0.25, -0.2) is 0 Å². The molecule has 2 aromatic heterocycles. The second-order valence-electron chi connectivity index (χ2n) is 4.81. The minimum absolute atomic E-state index is 0.185. The number of carboxylic acids is 1. The van der Waals surface area contributed by atoms with E-state index in [1.165, 1.54) is 11.3 Å². The Balaban J connectivity index is 2.27. The van der Waals surface area contributed by atoms with Crippen molar-refractivity contribution in [1.82, 2.24) is 10.3 Å². The van der Waals surface area contributed by atoms with Crippen LogP contribution in [0.25, 0.3) is 0 Å². The molecule has 0 saturated heterocycles. The molecule has 0 bridgehead atoms. The van der Waals surface area contributed by atoms with Crippen molar-refractivity contribution in [2.24, 2.45) is 0 Å². The van der Waals surface area contributed by atoms with E-state index in [9.17, 15) is 9.59 Å². The Morgan fingerprint density at radius 2 is 1.95 bits per heavy atom. The minimum atomic E-state index is -0.973. The zero-order valence-electron chi connectivity index (χ0n) is 12.1. The first kappa shape index (κ1) is 16.6. The van der Waals surface area contributed by atoms with Gasteiger partial charge in [-0.05, 0) is 47.5 Å². The highest BCUT2D eigenvalue weighted by molar-refractivity contribution is 9.10. The molecule has 0 aliphatic rings. The lowest BCUT2D eigenvalue weighted by atomic mass is 10.0. The molecular formula is C15H15BrN2O3S. The molecule has 2 N–H and O–H groups in total. The monoisotopic (exact) mass is 382 g/mol. The van der Waals surface area contributed by atoms with E-state index < -0.39 is 12.0 Å². The van der Waals surface area contributed by atoms with Gasteiger partial charge in [0.25, 0.3) is 5.91 Å². The van der Waals surface area contributed by atoms with Gasteiger partial charge in [-0.1, -0.05) is 0 Å². The molecule has 2 heterocycles. The van der Waals surface area contributed by atoms with Crippen molar-refractivity contribution in [2.45, 2.75) is 26.3 Å². The Labute approximate surface area is 140 Å². The predicted octanol–water partition coefficient (Wildman–Crippen LogP) is 3.47. The van der Waals surface area contributed by atoms with Gasteiger partial charge in [0, 0.05) is 26.6 Å². The minimum Gasteiger partial charge on any atom is -0.481 e. The Hall–Kier alpha value is -1.73. The molecular weight excluding hydrogens is 368 g/mol. The van der Waals surface area contributed by atoms with Crippen LogP contribution in [0.15, 0.2) is 29.0 Å². The molecule has 2 rings (SSSR count). The summed E-state index contributed by atoms with van der Waals surface area (Å²) in [6.45, 7) is 3.80. The fourth-order valence-electron chi connectivity index (χ4n) is 2.17. The van der Waals surface area contributed by atoms with E-state index in [0.29, 0.717) is 11.1 Å². The number of pyridine rings is 1. The van der Waals surface area contributed by atoms with Gasteiger partial charge in [-0.2, -0.15) is 0 Å². The molecule has 0 saturated carbocycles. The van der Waals surface area contributed by atoms with Crippen LogP contribution in [0.2, 0.25) is 0 Å². The molecule has 0 radical (unpaired) electrons. The number of carbonyl (C=O) groups excluding carboxylic acids is 1. The first-order valence-corrected chi connectivity index (χ1v) is 8.19. The van der Waals surface area contributed by atoms with E-state index in [1.54, 1.807) is 24.5 Å². The number of thiophene rings is 1. The van der Waals surface area contributed by atoms with E-state index in [2.05, 4.69) is 26.2 Å². The van der Waals surface area contributed by atoms with E-state index in [0.717, 1.165) is 14.2 Å². The van der Waals surface area contributed by atoms with Gasteiger partial charge in [0.1, 0.15) is 0 Å². The average Bonchev–Trinajstić information content (AvgIpc) is 2.72. The number of nitrogens with one attached hydrogen (secondary N) is 1. The summed E-state index contributed by atoms with van der Waals surface area (Å²) in [6, 6.07) is 2.81. The number of nitrogens with zero attached hydrogens (tertiary/aromatic N) is 1. The van der Waals surface area contributed by atoms with Crippen molar-refractivity contribution in [2.75, 3.05) is 0 Å². The first-order chi connectivity index (χ1) is 10.4. The fraction of sp³-hybridized carbons (Fsp3) is 0.267. The molecule has 0 aliphatic heterocycles. The largest absolute Gasteiger partial charge is 0.481 e. The van der Waals surface area contributed by atoms with Crippen LogP contribution in [0.3, 0.4) is 0 Å². The summed E-state index contributed by atoms with van der Waals surface area (Å²) in [6.07, 6.45) is 2.97. The smallest absolute Gasteiger partial charge is 0.305 e. The number of aromatic nitrogens is 1. The van der Waals surface area contributed by atoms with Crippen LogP contribution in [0.5, 0.6) is 0 Å². The fourth-order valence-corrected chi connectivity index (χ4v) is 3.97. The van der Waals surface area contributed by atoms with Crippen LogP contribution >= 0.6 is 27.3 Å². The third-order valence-corrected chi connectivity index (χ3v) is 5.48. The number of aliphatic carboxylic acids is 1. The molecule has 22 heavy (non-hydrogen) atoms. The second-order valence-corrected chi connectivity index (χ2v) is 7.03. The Morgan fingerprint density at radius 3 is 2.45 bits per heavy atom. The summed E-state index contributed by atoms with van der Waals surface area (Å²) in [5.74, 6) is -1.25. The standard InChI is InChI=1S/C15H15BrN2O3S/c1-8-13(14(16)9(2)22-8)15(21)18-11(7-12(19)20)10-3-5-17-6-4-10/h3-6,11H,7H2,1-2H3,(H,18,21)(H,19,20). The molecule has 5 nitrogen and oxygen atoms in total. The lowest BCUT2D eigenvalue weighted by Crippen LogP contribution is -2.30. The number of halogens is 1. The zero-order chi connectivity index (χ0) is 16.3. The summed E-state index contributed by atoms with van der Waals surface area (Å²) in [4.78, 5) is 29.4. The van der Waals surface area contributed by atoms with Crippen LogP contribution in [0, 0.1) is 13.8 Å². The topological polar surface area (TPSA) is 79.3 Å². The lowest BCUT2D eigenvalue weighted by molar-refractivity contribution is -0.137. The van der Waals surface area contributed by atoms with E-state index >= 15 is 0 Å². The number of hydrogen-bond acceptors (Lipinski definition) is 4. The van der Waals surface area contributed by atoms with Gasteiger partial charge in [0.2, 0.25) is 0 Å². The van der Waals surface area contributed by atoms with Crippen LogP contribution in [-0.2, 0) is 4.79 Å². The number of rotatable bonds is 5. The van der Waals surface area contributed by atoms with Gasteiger partial charge >= 0.3 is 5.97 Å². The van der Waals surface area contributed by atoms with Crippen molar-refractivity contribution >= 4 is 39.1 Å². The number of amides is 1. The Bertz CT molecular complexity index is 700. The molecule has 1 atom stereocenters. The SMILES string of the molecule is Cc1sc(C)c(C(=O)NC(CC(=O)O)c2ccncc2)c1Br. The summed E-state index contributed by atoms with van der Waals surface area (Å²) in [5.41, 5.74) is 1.28. The maximum absolute atomic E-state index is 12.5. The lowest BCUT2D eigenvalue weighted by Gasteiger charge is -2.17. The maximum atomic E-state index is 12.5. The number of aryl methyl sites for hydroxylation is 2. The number of carbonyl (C=O) groups is 2. The highest BCUT2D eigenvalue weighted by atomic mass is 79.9. The molecule has 0 spiro atoms. The quantitative estimate of drug-likeness (QED) is 0.829. The van der Waals surface area contributed by atoms with E-state index in [1.807, 2.05) is 13.8 Å². The third kappa shape index (κ3) is 3.72. The first-order valence-electron chi connectivity index (χ1n) is 6.58. The second kappa shape index (κ2) is 7.02. The summed E-state index contributed by atoms with van der Waals surface area (Å²) in [7, 11) is 0. The highest BCUT2D eigenvalue weighted by Gasteiger charge is 2.23. The van der Waals surface area contributed by atoms with Crippen LogP contribution in [0.1, 0.15) is 38.1 Å². The summed E-state index contributed by atoms with van der Waals surface area (Å²) < 4.78 is 0.760. The Morgan fingerprint density at radius 1 is 1.32 bits per heavy atom. The van der Waals surface area contributed by atoms with Crippen molar-refractivity contribution in [1.29, 1.82) is 0 Å². The molecule has 0 aromatic carbocycles. The van der Waals surface area contributed by atoms with Crippen molar-refractivity contribution in [3.63, 3.8) is 0 Å². The van der Waals surface area contributed by atoms with Gasteiger partial charge in [0.05, 0.1) is 18.0 Å². The van der Waals surface area contributed by atoms with Gasteiger partial charge in [-0.3, -0.25) is 14.6 Å². The number of carboxylic acid groups (broad SMARTS) is 1. The normalized spacial score (nSPS) is 12.0. The third-order valence-electron chi connectivity index (χ3n) is 3.21. The molecule has 1 unspecified atom stereocenters. The van der Waals surface area contributed by atoms with Gasteiger partial charge in [-0.15, -0.1) is 11.3 Å². The Kier molecular flexibility index (Phi) is 5.31. The maximum Gasteiger partial charge on any atom is 0.305 e. The molecule has 7 heteroatoms. The van der Waals surface area contributed by atoms with Crippen LogP contribution in [-0.4, -0.2) is 22.0 Å². The zero-order valence-corrected chi connectivity index (χ0v) is 14.5. The predicted molar refractivity (Wildman–Crippen MR) is 88.2 cm³/mol. The van der Waals surface area contributed by atoms with Crippen molar-refractivity contribution < 1.29 is 14.7 Å². The molecule has 1 amide bonds. The van der Waals surface area contributed by atoms with Crippen LogP contribution in [0.4, 0.5) is 0 Å². The summed E-state index contributed by atoms with van der Waals surface area (Å²) >= 11 is 4.95. The van der Waals surface area contributed by atoms with E-state index in [4.69, 9.17) is 5.11 Å². The van der Waals surface area contributed by atoms with E-state index in [-0.39, 0.29) is 12.3 Å². The highest BCUT2D eigenvalue weighted by Crippen LogP contribution is 2.32. The van der Waals surface area contributed by atoms with Crippen molar-refractivity contribution in [3.05, 3.63) is 49.9 Å². The average molecular weight is 383 g/mol. The summed E-state index contributed by atoms with van der Waals surface area (Å²) in [5, 5.41) is 11.9. The number of hydrogen-bond donors (Lipinski definition) is 2. The van der Waals surface area contributed by atoms with Gasteiger partial charge < -0.3 is 10.4 Å². The van der Waals surface area contributed by atoms with Crippen molar-refractivity contribution in [3.8, 4) is 0 Å². The van der Waals surface area contributed by atoms with Crippen LogP contribution < -0.4 is 5.32 Å². The molecule has 0 aliphatic carbocycles. The molecule has 116 valence electrons. The molecule has 2 aromatic rings. The molecule has 0 fully saturated rings. The van der Waals surface area contributed by atoms with Gasteiger partial charge in [0.15, 0.2) is 0 Å².